The summed E-state index contributed by atoms with van der Waals surface area (Å²) in [4.78, 5) is 0. The van der Waals surface area contributed by atoms with Gasteiger partial charge in [0.15, 0.2) is 6.29 Å². The second kappa shape index (κ2) is 28.4. The van der Waals surface area contributed by atoms with Crippen LogP contribution in [0.5, 0.6) is 0 Å². The fraction of sp³-hybridized carbons (Fsp3) is 0.929. The van der Waals surface area contributed by atoms with Gasteiger partial charge in [-0.25, -0.2) is 0 Å². The normalized spacial score (nSPS) is 11.9. The lowest BCUT2D eigenvalue weighted by atomic mass is 10.1. The topological polar surface area (TPSA) is 18.5 Å². The Morgan fingerprint density at radius 1 is 0.548 bits per heavy atom. The van der Waals surface area contributed by atoms with Gasteiger partial charge in [-0.15, -0.1) is 0 Å². The second-order valence-electron chi connectivity index (χ2n) is 9.00. The molecule has 0 rings (SSSR count). The van der Waals surface area contributed by atoms with Gasteiger partial charge in [-0.05, 0) is 44.9 Å². The number of alkyl halides is 1. The molecular weight excluding hydrogens is 495 g/mol. The largest absolute Gasteiger partial charge is 0.353 e. The van der Waals surface area contributed by atoms with Crippen molar-refractivity contribution < 1.29 is 9.47 Å². The summed E-state index contributed by atoms with van der Waals surface area (Å²) in [5.74, 6) is 0. The zero-order valence-corrected chi connectivity index (χ0v) is 23.3. The standard InChI is InChI=1S/C28H55IO2/c1-3-5-7-9-18-22-26-30-28(31-27-23-19-10-8-6-4-2)24-20-16-14-12-11-13-15-17-21-25-29/h15,17,28H,3-14,16,18-27H2,1-2H3/b17-15+. The van der Waals surface area contributed by atoms with E-state index < -0.39 is 0 Å². The van der Waals surface area contributed by atoms with Crippen molar-refractivity contribution in [3.63, 3.8) is 0 Å². The Labute approximate surface area is 209 Å². The van der Waals surface area contributed by atoms with Crippen LogP contribution in [-0.2, 0) is 9.47 Å². The van der Waals surface area contributed by atoms with E-state index in [1.165, 1.54) is 126 Å². The molecule has 0 radical (unpaired) electrons. The molecule has 0 fully saturated rings. The van der Waals surface area contributed by atoms with Crippen molar-refractivity contribution in [1.29, 1.82) is 0 Å². The minimum absolute atomic E-state index is 0.0301. The van der Waals surface area contributed by atoms with Crippen LogP contribution in [0.15, 0.2) is 12.2 Å². The Morgan fingerprint density at radius 3 is 1.55 bits per heavy atom. The van der Waals surface area contributed by atoms with Gasteiger partial charge in [-0.1, -0.05) is 132 Å². The van der Waals surface area contributed by atoms with Gasteiger partial charge in [0.25, 0.3) is 0 Å². The number of halogens is 1. The molecule has 0 bridgehead atoms. The molecule has 0 amide bonds. The summed E-state index contributed by atoms with van der Waals surface area (Å²) in [5.41, 5.74) is 0. The zero-order chi connectivity index (χ0) is 22.7. The third-order valence-electron chi connectivity index (χ3n) is 5.86. The molecule has 186 valence electrons. The van der Waals surface area contributed by atoms with E-state index >= 15 is 0 Å². The van der Waals surface area contributed by atoms with E-state index in [1.807, 2.05) is 0 Å². The van der Waals surface area contributed by atoms with Crippen LogP contribution in [0, 0.1) is 0 Å². The molecule has 0 aliphatic heterocycles. The van der Waals surface area contributed by atoms with Gasteiger partial charge in [-0.2, -0.15) is 0 Å². The van der Waals surface area contributed by atoms with E-state index in [4.69, 9.17) is 9.47 Å². The summed E-state index contributed by atoms with van der Waals surface area (Å²) in [6, 6.07) is 0. The molecular formula is C28H55IO2. The molecule has 3 heteroatoms. The summed E-state index contributed by atoms with van der Waals surface area (Å²) in [7, 11) is 0. The van der Waals surface area contributed by atoms with Crippen molar-refractivity contribution in [3.05, 3.63) is 12.2 Å². The maximum Gasteiger partial charge on any atom is 0.157 e. The van der Waals surface area contributed by atoms with E-state index in [0.717, 1.165) is 19.6 Å². The average Bonchev–Trinajstić information content (AvgIpc) is 2.78. The SMILES string of the molecule is CCCCCCCCOC(CCCCCCC/C=C/CCI)OCCCCCCCC. The van der Waals surface area contributed by atoms with Crippen LogP contribution < -0.4 is 0 Å². The molecule has 31 heavy (non-hydrogen) atoms. The van der Waals surface area contributed by atoms with Gasteiger partial charge in [0, 0.05) is 17.6 Å². The number of ether oxygens (including phenoxy) is 2. The fourth-order valence-electron chi connectivity index (χ4n) is 3.81. The first-order valence-corrected chi connectivity index (χ1v) is 15.3. The van der Waals surface area contributed by atoms with Gasteiger partial charge < -0.3 is 9.47 Å². The van der Waals surface area contributed by atoms with Crippen LogP contribution in [0.4, 0.5) is 0 Å². The van der Waals surface area contributed by atoms with E-state index in [1.54, 1.807) is 0 Å². The summed E-state index contributed by atoms with van der Waals surface area (Å²) >= 11 is 2.44. The summed E-state index contributed by atoms with van der Waals surface area (Å²) in [6.45, 7) is 6.30. The lowest BCUT2D eigenvalue weighted by Crippen LogP contribution is -2.19. The van der Waals surface area contributed by atoms with Crippen molar-refractivity contribution in [3.8, 4) is 0 Å². The number of allylic oxidation sites excluding steroid dienone is 2. The van der Waals surface area contributed by atoms with Crippen molar-refractivity contribution in [2.24, 2.45) is 0 Å². The molecule has 0 N–H and O–H groups in total. The molecule has 0 spiro atoms. The van der Waals surface area contributed by atoms with E-state index in [9.17, 15) is 0 Å². The summed E-state index contributed by atoms with van der Waals surface area (Å²) in [5, 5.41) is 0. The Balaban J connectivity index is 3.84. The highest BCUT2D eigenvalue weighted by atomic mass is 127. The smallest absolute Gasteiger partial charge is 0.157 e. The van der Waals surface area contributed by atoms with E-state index in [0.29, 0.717) is 0 Å². The number of hydrogen-bond acceptors (Lipinski definition) is 2. The number of hydrogen-bond donors (Lipinski definition) is 0. The first-order valence-electron chi connectivity index (χ1n) is 13.8. The molecule has 0 aliphatic carbocycles. The highest BCUT2D eigenvalue weighted by Gasteiger charge is 2.09. The molecule has 0 unspecified atom stereocenters. The Kier molecular flexibility index (Phi) is 28.8. The maximum absolute atomic E-state index is 6.14. The highest BCUT2D eigenvalue weighted by Crippen LogP contribution is 2.14. The Bertz CT molecular complexity index is 328. The van der Waals surface area contributed by atoms with Gasteiger partial charge in [0.2, 0.25) is 0 Å². The molecule has 0 heterocycles. The second-order valence-corrected chi connectivity index (χ2v) is 10.1. The number of rotatable bonds is 26. The van der Waals surface area contributed by atoms with Gasteiger partial charge in [0.1, 0.15) is 0 Å². The minimum Gasteiger partial charge on any atom is -0.353 e. The Hall–Kier alpha value is 0.390. The van der Waals surface area contributed by atoms with Gasteiger partial charge in [-0.3, -0.25) is 0 Å². The third kappa shape index (κ3) is 26.5. The first-order chi connectivity index (χ1) is 15.3. The monoisotopic (exact) mass is 550 g/mol. The summed E-state index contributed by atoms with van der Waals surface area (Å²) < 4.78 is 13.5. The van der Waals surface area contributed by atoms with Crippen molar-refractivity contribution in [2.45, 2.75) is 149 Å². The van der Waals surface area contributed by atoms with Crippen molar-refractivity contribution in [2.75, 3.05) is 17.6 Å². The lowest BCUT2D eigenvalue weighted by molar-refractivity contribution is -0.148. The molecule has 0 saturated heterocycles. The predicted octanol–water partition coefficient (Wildman–Crippen LogP) is 10.2. The zero-order valence-electron chi connectivity index (χ0n) is 21.2. The van der Waals surface area contributed by atoms with Gasteiger partial charge in [0.05, 0.1) is 0 Å². The van der Waals surface area contributed by atoms with E-state index in [2.05, 4.69) is 48.6 Å². The molecule has 0 aliphatic rings. The van der Waals surface area contributed by atoms with Crippen LogP contribution in [-0.4, -0.2) is 23.9 Å². The Morgan fingerprint density at radius 2 is 1.00 bits per heavy atom. The quantitative estimate of drug-likeness (QED) is 0.0351. The van der Waals surface area contributed by atoms with E-state index in [-0.39, 0.29) is 6.29 Å². The lowest BCUT2D eigenvalue weighted by Gasteiger charge is -2.19. The molecule has 0 saturated carbocycles. The molecule has 0 aromatic rings. The highest BCUT2D eigenvalue weighted by molar-refractivity contribution is 14.1. The van der Waals surface area contributed by atoms with Crippen molar-refractivity contribution >= 4 is 22.6 Å². The van der Waals surface area contributed by atoms with Crippen LogP contribution in [0.25, 0.3) is 0 Å². The summed E-state index contributed by atoms with van der Waals surface area (Å²) in [6.07, 6.45) is 30.7. The molecule has 2 nitrogen and oxygen atoms in total. The predicted molar refractivity (Wildman–Crippen MR) is 147 cm³/mol. The maximum atomic E-state index is 6.14. The first kappa shape index (κ1) is 31.4. The van der Waals surface area contributed by atoms with Crippen LogP contribution in [0.3, 0.4) is 0 Å². The van der Waals surface area contributed by atoms with Crippen molar-refractivity contribution in [1.82, 2.24) is 0 Å². The van der Waals surface area contributed by atoms with Gasteiger partial charge >= 0.3 is 0 Å². The molecule has 0 aromatic heterocycles. The average molecular weight is 551 g/mol. The fourth-order valence-corrected chi connectivity index (χ4v) is 4.17. The molecule has 0 atom stereocenters. The number of unbranched alkanes of at least 4 members (excludes halogenated alkanes) is 15. The van der Waals surface area contributed by atoms with Crippen LogP contribution >= 0.6 is 22.6 Å². The van der Waals surface area contributed by atoms with Crippen LogP contribution in [0.2, 0.25) is 0 Å². The van der Waals surface area contributed by atoms with Crippen LogP contribution in [0.1, 0.15) is 142 Å². The minimum atomic E-state index is 0.0301. The molecule has 0 aromatic carbocycles. The third-order valence-corrected chi connectivity index (χ3v) is 6.48.